The molecule has 2 aromatic heterocycles. The highest BCUT2D eigenvalue weighted by atomic mass is 16.5. The van der Waals surface area contributed by atoms with E-state index in [1.807, 2.05) is 30.3 Å². The molecule has 0 saturated carbocycles. The number of ether oxygens (including phenoxy) is 1. The SMILES string of the molecule is Cc1ccccc1Cn1cnc(NC(=O)c2ccn(COc3ccc(C(C)(C)C)cc3)n2)n1. The molecule has 0 aliphatic rings. The van der Waals surface area contributed by atoms with Crippen LogP contribution in [0.5, 0.6) is 5.75 Å². The maximum absolute atomic E-state index is 12.5. The molecule has 8 heteroatoms. The summed E-state index contributed by atoms with van der Waals surface area (Å²) in [6.45, 7) is 9.34. The molecule has 1 N–H and O–H groups in total. The van der Waals surface area contributed by atoms with Gasteiger partial charge >= 0.3 is 0 Å². The molecule has 4 rings (SSSR count). The summed E-state index contributed by atoms with van der Waals surface area (Å²) in [6.07, 6.45) is 3.29. The van der Waals surface area contributed by atoms with Crippen molar-refractivity contribution in [3.05, 3.63) is 89.5 Å². The van der Waals surface area contributed by atoms with Crippen LogP contribution in [-0.4, -0.2) is 30.5 Å². The number of carbonyl (C=O) groups excluding carboxylic acids is 1. The molecule has 8 nitrogen and oxygen atoms in total. The summed E-state index contributed by atoms with van der Waals surface area (Å²) in [6, 6.07) is 17.7. The molecule has 0 fully saturated rings. The Morgan fingerprint density at radius 1 is 1.00 bits per heavy atom. The largest absolute Gasteiger partial charge is 0.471 e. The third kappa shape index (κ3) is 5.65. The van der Waals surface area contributed by atoms with Gasteiger partial charge in [-0.2, -0.15) is 5.10 Å². The second kappa shape index (κ2) is 9.28. The third-order valence-corrected chi connectivity index (χ3v) is 5.31. The molecule has 0 aliphatic carbocycles. The number of rotatable bonds is 7. The van der Waals surface area contributed by atoms with Crippen LogP contribution in [-0.2, 0) is 18.7 Å². The van der Waals surface area contributed by atoms with Gasteiger partial charge in [0.1, 0.15) is 12.1 Å². The lowest BCUT2D eigenvalue weighted by Crippen LogP contribution is -2.15. The number of nitrogens with one attached hydrogen (secondary N) is 1. The highest BCUT2D eigenvalue weighted by Crippen LogP contribution is 2.24. The van der Waals surface area contributed by atoms with Crippen molar-refractivity contribution in [2.24, 2.45) is 0 Å². The van der Waals surface area contributed by atoms with Crippen LogP contribution in [0.4, 0.5) is 5.95 Å². The number of benzene rings is 2. The van der Waals surface area contributed by atoms with Gasteiger partial charge in [0.2, 0.25) is 5.95 Å². The van der Waals surface area contributed by atoms with Crippen molar-refractivity contribution in [3.8, 4) is 5.75 Å². The molecular formula is C25H28N6O2. The van der Waals surface area contributed by atoms with E-state index in [0.29, 0.717) is 6.54 Å². The van der Waals surface area contributed by atoms with E-state index in [1.165, 1.54) is 11.1 Å². The van der Waals surface area contributed by atoms with Crippen LogP contribution in [0, 0.1) is 6.92 Å². The van der Waals surface area contributed by atoms with E-state index in [-0.39, 0.29) is 29.7 Å². The Labute approximate surface area is 193 Å². The lowest BCUT2D eigenvalue weighted by atomic mass is 9.87. The Bertz CT molecular complexity index is 1230. The number of hydrogen-bond acceptors (Lipinski definition) is 5. The standard InChI is InChI=1S/C25H28N6O2/c1-18-7-5-6-8-19(18)15-31-16-26-24(29-31)27-23(32)22-13-14-30(28-22)17-33-21-11-9-20(10-12-21)25(2,3)4/h5-14,16H,15,17H2,1-4H3,(H,27,29,32). The van der Waals surface area contributed by atoms with Gasteiger partial charge < -0.3 is 4.74 Å². The summed E-state index contributed by atoms with van der Waals surface area (Å²) in [4.78, 5) is 16.7. The van der Waals surface area contributed by atoms with E-state index in [2.05, 4.69) is 66.4 Å². The zero-order valence-corrected chi connectivity index (χ0v) is 19.3. The molecule has 0 aliphatic heterocycles. The predicted molar refractivity (Wildman–Crippen MR) is 126 cm³/mol. The van der Waals surface area contributed by atoms with Gasteiger partial charge in [-0.05, 0) is 47.2 Å². The number of hydrogen-bond donors (Lipinski definition) is 1. The lowest BCUT2D eigenvalue weighted by molar-refractivity contribution is 0.101. The van der Waals surface area contributed by atoms with Gasteiger partial charge in [0, 0.05) is 6.20 Å². The van der Waals surface area contributed by atoms with Crippen LogP contribution in [0.15, 0.2) is 67.1 Å². The number of anilines is 1. The highest BCUT2D eigenvalue weighted by Gasteiger charge is 2.14. The van der Waals surface area contributed by atoms with Gasteiger partial charge in [0.15, 0.2) is 12.4 Å². The van der Waals surface area contributed by atoms with E-state index in [0.717, 1.165) is 11.3 Å². The normalized spacial score (nSPS) is 11.4. The van der Waals surface area contributed by atoms with Gasteiger partial charge in [-0.3, -0.25) is 10.1 Å². The average molecular weight is 445 g/mol. The lowest BCUT2D eigenvalue weighted by Gasteiger charge is -2.19. The zero-order chi connectivity index (χ0) is 23.4. The molecule has 2 aromatic carbocycles. The fourth-order valence-electron chi connectivity index (χ4n) is 3.30. The first-order valence-electron chi connectivity index (χ1n) is 10.8. The molecule has 33 heavy (non-hydrogen) atoms. The Kier molecular flexibility index (Phi) is 6.26. The third-order valence-electron chi connectivity index (χ3n) is 5.31. The summed E-state index contributed by atoms with van der Waals surface area (Å²) in [5.41, 5.74) is 3.91. The average Bonchev–Trinajstić information content (AvgIpc) is 3.43. The van der Waals surface area contributed by atoms with Crippen molar-refractivity contribution in [2.45, 2.75) is 46.4 Å². The Morgan fingerprint density at radius 3 is 2.48 bits per heavy atom. The maximum Gasteiger partial charge on any atom is 0.278 e. The van der Waals surface area contributed by atoms with Crippen LogP contribution in [0.3, 0.4) is 0 Å². The number of aryl methyl sites for hydroxylation is 1. The number of carbonyl (C=O) groups is 1. The van der Waals surface area contributed by atoms with Gasteiger partial charge in [-0.1, -0.05) is 57.2 Å². The predicted octanol–water partition coefficient (Wildman–Crippen LogP) is 4.42. The van der Waals surface area contributed by atoms with Crippen molar-refractivity contribution in [1.29, 1.82) is 0 Å². The van der Waals surface area contributed by atoms with Crippen molar-refractivity contribution in [3.63, 3.8) is 0 Å². The van der Waals surface area contributed by atoms with Crippen LogP contribution in [0.2, 0.25) is 0 Å². The molecule has 0 spiro atoms. The molecule has 4 aromatic rings. The minimum Gasteiger partial charge on any atom is -0.471 e. The molecule has 0 atom stereocenters. The van der Waals surface area contributed by atoms with E-state index in [1.54, 1.807) is 28.0 Å². The van der Waals surface area contributed by atoms with E-state index in [9.17, 15) is 4.79 Å². The minimum absolute atomic E-state index is 0.0912. The van der Waals surface area contributed by atoms with Crippen LogP contribution in [0.25, 0.3) is 0 Å². The van der Waals surface area contributed by atoms with Crippen molar-refractivity contribution in [2.75, 3.05) is 5.32 Å². The number of aromatic nitrogens is 5. The van der Waals surface area contributed by atoms with Crippen LogP contribution >= 0.6 is 0 Å². The molecule has 1 amide bonds. The topological polar surface area (TPSA) is 86.9 Å². The number of amides is 1. The molecule has 0 unspecified atom stereocenters. The van der Waals surface area contributed by atoms with E-state index in [4.69, 9.17) is 4.74 Å². The highest BCUT2D eigenvalue weighted by molar-refractivity contribution is 6.01. The summed E-state index contributed by atoms with van der Waals surface area (Å²) in [5, 5.41) is 11.3. The summed E-state index contributed by atoms with van der Waals surface area (Å²) >= 11 is 0. The molecule has 0 bridgehead atoms. The number of nitrogens with zero attached hydrogens (tertiary/aromatic N) is 5. The summed E-state index contributed by atoms with van der Waals surface area (Å²) in [5.74, 6) is 0.600. The first-order valence-corrected chi connectivity index (χ1v) is 10.8. The van der Waals surface area contributed by atoms with Crippen molar-refractivity contribution < 1.29 is 9.53 Å². The first kappa shape index (κ1) is 22.3. The maximum atomic E-state index is 12.5. The zero-order valence-electron chi connectivity index (χ0n) is 19.3. The molecule has 0 saturated heterocycles. The first-order chi connectivity index (χ1) is 15.8. The Hall–Kier alpha value is -3.94. The monoisotopic (exact) mass is 444 g/mol. The van der Waals surface area contributed by atoms with E-state index < -0.39 is 0 Å². The van der Waals surface area contributed by atoms with E-state index >= 15 is 0 Å². The van der Waals surface area contributed by atoms with Crippen LogP contribution < -0.4 is 10.1 Å². The van der Waals surface area contributed by atoms with Crippen LogP contribution in [0.1, 0.15) is 48.0 Å². The van der Waals surface area contributed by atoms with Gasteiger partial charge in [-0.15, -0.1) is 5.10 Å². The fraction of sp³-hybridized carbons (Fsp3) is 0.280. The van der Waals surface area contributed by atoms with Gasteiger partial charge in [0.25, 0.3) is 5.91 Å². The molecule has 0 radical (unpaired) electrons. The quantitative estimate of drug-likeness (QED) is 0.456. The molecular weight excluding hydrogens is 416 g/mol. The van der Waals surface area contributed by atoms with Crippen molar-refractivity contribution in [1.82, 2.24) is 24.5 Å². The Balaban J connectivity index is 1.32. The second-order valence-electron chi connectivity index (χ2n) is 8.93. The summed E-state index contributed by atoms with van der Waals surface area (Å²) in [7, 11) is 0. The minimum atomic E-state index is -0.378. The smallest absolute Gasteiger partial charge is 0.278 e. The van der Waals surface area contributed by atoms with Crippen molar-refractivity contribution >= 4 is 11.9 Å². The fourth-order valence-corrected chi connectivity index (χ4v) is 3.30. The second-order valence-corrected chi connectivity index (χ2v) is 8.93. The van der Waals surface area contributed by atoms with Gasteiger partial charge in [-0.25, -0.2) is 14.3 Å². The molecule has 170 valence electrons. The van der Waals surface area contributed by atoms with Gasteiger partial charge in [0.05, 0.1) is 6.54 Å². The Morgan fingerprint density at radius 2 is 1.76 bits per heavy atom. The summed E-state index contributed by atoms with van der Waals surface area (Å²) < 4.78 is 9.04. The molecule has 2 heterocycles.